The normalized spacial score (nSPS) is 11.4. The maximum absolute atomic E-state index is 12.2. The fourth-order valence-electron chi connectivity index (χ4n) is 3.83. The zero-order chi connectivity index (χ0) is 21.2. The second kappa shape index (κ2) is 8.40. The van der Waals surface area contributed by atoms with Crippen molar-refractivity contribution in [3.05, 3.63) is 88.8 Å². The maximum Gasteiger partial charge on any atom is 0.326 e. The van der Waals surface area contributed by atoms with E-state index in [9.17, 15) is 4.79 Å². The molecule has 2 heterocycles. The number of hydrogen-bond donors (Lipinski definition) is 1. The van der Waals surface area contributed by atoms with Gasteiger partial charge in [0, 0.05) is 28.6 Å². The van der Waals surface area contributed by atoms with Crippen LogP contribution in [0.15, 0.2) is 82.6 Å². The number of rotatable bonds is 6. The molecule has 1 N–H and O–H groups in total. The van der Waals surface area contributed by atoms with Gasteiger partial charge in [0.2, 0.25) is 0 Å². The minimum Gasteiger partial charge on any atom is -0.306 e. The fourth-order valence-corrected chi connectivity index (χ4v) is 4.73. The first kappa shape index (κ1) is 19.6. The molecule has 0 bridgehead atoms. The molecule has 0 radical (unpaired) electrons. The molecule has 5 nitrogen and oxygen atoms in total. The summed E-state index contributed by atoms with van der Waals surface area (Å²) >= 11 is 1.69. The largest absolute Gasteiger partial charge is 0.326 e. The van der Waals surface area contributed by atoms with Crippen molar-refractivity contribution < 1.29 is 0 Å². The van der Waals surface area contributed by atoms with E-state index in [1.165, 1.54) is 5.56 Å². The third-order valence-electron chi connectivity index (χ3n) is 5.42. The Morgan fingerprint density at radius 2 is 1.65 bits per heavy atom. The van der Waals surface area contributed by atoms with Crippen molar-refractivity contribution in [3.8, 4) is 11.3 Å². The van der Waals surface area contributed by atoms with E-state index in [1.54, 1.807) is 16.3 Å². The number of aromatic nitrogens is 4. The Labute approximate surface area is 184 Å². The van der Waals surface area contributed by atoms with Gasteiger partial charge in [0.15, 0.2) is 0 Å². The lowest BCUT2D eigenvalue weighted by Crippen LogP contribution is -2.17. The average molecular weight is 427 g/mol. The van der Waals surface area contributed by atoms with E-state index in [-0.39, 0.29) is 5.69 Å². The van der Waals surface area contributed by atoms with Crippen LogP contribution in [0.5, 0.6) is 0 Å². The number of H-pyrrole nitrogens is 1. The van der Waals surface area contributed by atoms with E-state index in [0.717, 1.165) is 50.3 Å². The topological polar surface area (TPSA) is 63.6 Å². The second-order valence-electron chi connectivity index (χ2n) is 7.57. The van der Waals surface area contributed by atoms with Crippen LogP contribution in [0, 0.1) is 6.92 Å². The van der Waals surface area contributed by atoms with Crippen molar-refractivity contribution >= 4 is 33.6 Å². The molecule has 3 aromatic carbocycles. The summed E-state index contributed by atoms with van der Waals surface area (Å²) in [7, 11) is 0. The third kappa shape index (κ3) is 3.86. The first-order chi connectivity index (χ1) is 15.2. The molecule has 0 saturated carbocycles. The van der Waals surface area contributed by atoms with Crippen molar-refractivity contribution in [1.29, 1.82) is 0 Å². The zero-order valence-corrected chi connectivity index (χ0v) is 18.0. The van der Waals surface area contributed by atoms with Gasteiger partial charge in [0.25, 0.3) is 0 Å². The third-order valence-corrected chi connectivity index (χ3v) is 6.49. The molecule has 154 valence electrons. The summed E-state index contributed by atoms with van der Waals surface area (Å²) < 4.78 is 1.81. The predicted octanol–water partition coefficient (Wildman–Crippen LogP) is 5.43. The summed E-state index contributed by atoms with van der Waals surface area (Å²) in [5, 5.41) is 12.3. The molecule has 31 heavy (non-hydrogen) atoms. The Morgan fingerprint density at radius 1 is 0.903 bits per heavy atom. The van der Waals surface area contributed by atoms with Gasteiger partial charge in [-0.1, -0.05) is 66.2 Å². The van der Waals surface area contributed by atoms with E-state index < -0.39 is 0 Å². The van der Waals surface area contributed by atoms with Gasteiger partial charge in [0.1, 0.15) is 10.7 Å². The highest BCUT2D eigenvalue weighted by Crippen LogP contribution is 2.32. The molecule has 5 aromatic rings. The SMILES string of the molecule is Cc1ccc(-c2nnc(SCCCn3c(=O)[nH]c4ccccc43)c3ccccc23)cc1. The van der Waals surface area contributed by atoms with E-state index in [4.69, 9.17) is 0 Å². The molecule has 0 aliphatic heterocycles. The maximum atomic E-state index is 12.2. The van der Waals surface area contributed by atoms with Crippen molar-refractivity contribution in [2.45, 2.75) is 24.9 Å². The lowest BCUT2D eigenvalue weighted by Gasteiger charge is -2.09. The van der Waals surface area contributed by atoms with Crippen LogP contribution in [0.3, 0.4) is 0 Å². The number of benzene rings is 3. The highest BCUT2D eigenvalue weighted by atomic mass is 32.2. The molecule has 0 spiro atoms. The number of imidazole rings is 1. The van der Waals surface area contributed by atoms with Gasteiger partial charge in [0.05, 0.1) is 11.0 Å². The van der Waals surface area contributed by atoms with E-state index in [2.05, 4.69) is 58.5 Å². The minimum atomic E-state index is -0.0566. The Morgan fingerprint density at radius 3 is 2.48 bits per heavy atom. The summed E-state index contributed by atoms with van der Waals surface area (Å²) in [5.74, 6) is 0.856. The zero-order valence-electron chi connectivity index (χ0n) is 17.2. The van der Waals surface area contributed by atoms with Gasteiger partial charge >= 0.3 is 5.69 Å². The molecule has 6 heteroatoms. The van der Waals surface area contributed by atoms with Gasteiger partial charge in [-0.2, -0.15) is 0 Å². The van der Waals surface area contributed by atoms with Crippen LogP contribution in [0.1, 0.15) is 12.0 Å². The van der Waals surface area contributed by atoms with Gasteiger partial charge in [-0.05, 0) is 25.5 Å². The van der Waals surface area contributed by atoms with Crippen LogP contribution < -0.4 is 5.69 Å². The number of aromatic amines is 1. The summed E-state index contributed by atoms with van der Waals surface area (Å²) in [5.41, 5.74) is 4.98. The monoisotopic (exact) mass is 426 g/mol. The number of hydrogen-bond acceptors (Lipinski definition) is 4. The number of fused-ring (bicyclic) bond motifs is 2. The van der Waals surface area contributed by atoms with Crippen LogP contribution in [0.4, 0.5) is 0 Å². The highest BCUT2D eigenvalue weighted by molar-refractivity contribution is 7.99. The molecule has 0 saturated heterocycles. The van der Waals surface area contributed by atoms with Crippen LogP contribution in [-0.4, -0.2) is 25.5 Å². The fraction of sp³-hybridized carbons (Fsp3) is 0.160. The number of thioether (sulfide) groups is 1. The number of nitrogens with zero attached hydrogens (tertiary/aromatic N) is 3. The van der Waals surface area contributed by atoms with Gasteiger partial charge in [-0.3, -0.25) is 4.57 Å². The van der Waals surface area contributed by atoms with E-state index in [1.807, 2.05) is 36.4 Å². The molecule has 0 atom stereocenters. The first-order valence-electron chi connectivity index (χ1n) is 10.3. The van der Waals surface area contributed by atoms with Crippen LogP contribution in [0.25, 0.3) is 33.1 Å². The Bertz CT molecular complexity index is 1420. The molecule has 5 rings (SSSR count). The minimum absolute atomic E-state index is 0.0566. The van der Waals surface area contributed by atoms with Crippen molar-refractivity contribution in [2.24, 2.45) is 0 Å². The van der Waals surface area contributed by atoms with Crippen molar-refractivity contribution in [1.82, 2.24) is 19.7 Å². The van der Waals surface area contributed by atoms with Crippen LogP contribution in [0.2, 0.25) is 0 Å². The number of para-hydroxylation sites is 2. The van der Waals surface area contributed by atoms with E-state index >= 15 is 0 Å². The molecular weight excluding hydrogens is 404 g/mol. The summed E-state index contributed by atoms with van der Waals surface area (Å²) in [6, 6.07) is 24.5. The number of nitrogens with one attached hydrogen (secondary N) is 1. The second-order valence-corrected chi connectivity index (χ2v) is 8.65. The molecular formula is C25H22N4OS. The van der Waals surface area contributed by atoms with E-state index in [0.29, 0.717) is 6.54 Å². The lowest BCUT2D eigenvalue weighted by molar-refractivity contribution is 0.679. The van der Waals surface area contributed by atoms with Gasteiger partial charge in [-0.25, -0.2) is 4.79 Å². The smallest absolute Gasteiger partial charge is 0.306 e. The average Bonchev–Trinajstić information content (AvgIpc) is 3.12. The molecule has 0 aliphatic rings. The molecule has 0 unspecified atom stereocenters. The van der Waals surface area contributed by atoms with Crippen LogP contribution >= 0.6 is 11.8 Å². The standard InChI is InChI=1S/C25H22N4OS/c1-17-11-13-18(14-12-17)23-19-7-2-3-8-20(19)24(28-27-23)31-16-6-15-29-22-10-5-4-9-21(22)26-25(29)30/h2-5,7-14H,6,15-16H2,1H3,(H,26,30). The molecule has 0 aliphatic carbocycles. The Balaban J connectivity index is 1.35. The Hall–Kier alpha value is -3.38. The Kier molecular flexibility index (Phi) is 5.30. The molecule has 2 aromatic heterocycles. The van der Waals surface area contributed by atoms with Crippen molar-refractivity contribution in [3.63, 3.8) is 0 Å². The summed E-state index contributed by atoms with van der Waals surface area (Å²) in [4.78, 5) is 15.2. The summed E-state index contributed by atoms with van der Waals surface area (Å²) in [6.07, 6.45) is 0.863. The van der Waals surface area contributed by atoms with Gasteiger partial charge in [-0.15, -0.1) is 22.0 Å². The lowest BCUT2D eigenvalue weighted by atomic mass is 10.0. The summed E-state index contributed by atoms with van der Waals surface area (Å²) in [6.45, 7) is 2.75. The van der Waals surface area contributed by atoms with Crippen LogP contribution in [-0.2, 0) is 6.54 Å². The molecule has 0 amide bonds. The predicted molar refractivity (Wildman–Crippen MR) is 128 cm³/mol. The highest BCUT2D eigenvalue weighted by Gasteiger charge is 2.12. The quantitative estimate of drug-likeness (QED) is 0.290. The first-order valence-corrected chi connectivity index (χ1v) is 11.3. The number of aryl methyl sites for hydroxylation is 2. The van der Waals surface area contributed by atoms with Gasteiger partial charge < -0.3 is 4.98 Å². The molecule has 0 fully saturated rings. The van der Waals surface area contributed by atoms with Crippen molar-refractivity contribution in [2.75, 3.05) is 5.75 Å².